The van der Waals surface area contributed by atoms with Crippen molar-refractivity contribution >= 4 is 28.3 Å². The zero-order chi connectivity index (χ0) is 22.1. The van der Waals surface area contributed by atoms with Gasteiger partial charge in [-0.2, -0.15) is 0 Å². The molecule has 0 bridgehead atoms. The van der Waals surface area contributed by atoms with Crippen LogP contribution in [0.5, 0.6) is 17.2 Å². The van der Waals surface area contributed by atoms with Crippen LogP contribution in [0.4, 0.5) is 5.69 Å². The van der Waals surface area contributed by atoms with Gasteiger partial charge in [-0.3, -0.25) is 9.59 Å². The molecule has 0 radical (unpaired) electrons. The Bertz CT molecular complexity index is 1170. The molecule has 1 heterocycles. The van der Waals surface area contributed by atoms with E-state index in [-0.39, 0.29) is 11.9 Å². The maximum Gasteiger partial charge on any atom is 0.308 e. The lowest BCUT2D eigenvalue weighted by Crippen LogP contribution is -2.23. The van der Waals surface area contributed by atoms with Crippen LogP contribution in [0.3, 0.4) is 0 Å². The topological polar surface area (TPSA) is 65.1 Å². The van der Waals surface area contributed by atoms with Gasteiger partial charge in [0.05, 0.1) is 25.3 Å². The fourth-order valence-corrected chi connectivity index (χ4v) is 4.01. The minimum Gasteiger partial charge on any atom is -0.493 e. The van der Waals surface area contributed by atoms with Gasteiger partial charge in [0, 0.05) is 28.9 Å². The number of hydrogen-bond donors (Lipinski definition) is 0. The second-order valence-corrected chi connectivity index (χ2v) is 7.41. The molecule has 6 heteroatoms. The first-order valence-corrected chi connectivity index (χ1v) is 10.4. The lowest BCUT2D eigenvalue weighted by molar-refractivity contribution is -0.131. The molecule has 0 aromatic heterocycles. The summed E-state index contributed by atoms with van der Waals surface area (Å²) < 4.78 is 17.1. The van der Waals surface area contributed by atoms with Crippen molar-refractivity contribution in [1.29, 1.82) is 0 Å². The summed E-state index contributed by atoms with van der Waals surface area (Å²) in [5.74, 6) is 1.24. The van der Waals surface area contributed by atoms with Gasteiger partial charge in [0.2, 0.25) is 0 Å². The summed E-state index contributed by atoms with van der Waals surface area (Å²) in [6.07, 6.45) is 0. The SMILES string of the molecule is CCOc1c2c(c(OCC)c3cc(C)ccc13)C(=O)N(c1ccc(OC(C)=O)cc1)C2. The zero-order valence-corrected chi connectivity index (χ0v) is 18.2. The minimum atomic E-state index is -0.387. The average molecular weight is 419 g/mol. The fourth-order valence-electron chi connectivity index (χ4n) is 4.01. The van der Waals surface area contributed by atoms with Gasteiger partial charge in [0.1, 0.15) is 17.2 Å². The number of anilines is 1. The van der Waals surface area contributed by atoms with Gasteiger partial charge in [0.15, 0.2) is 0 Å². The fraction of sp³-hybridized carbons (Fsp3) is 0.280. The summed E-state index contributed by atoms with van der Waals surface area (Å²) in [5.41, 5.74) is 3.17. The van der Waals surface area contributed by atoms with Crippen LogP contribution in [0.15, 0.2) is 42.5 Å². The summed E-state index contributed by atoms with van der Waals surface area (Å²) in [4.78, 5) is 26.4. The molecule has 3 aromatic rings. The van der Waals surface area contributed by atoms with Crippen LogP contribution in [0.1, 0.15) is 42.3 Å². The van der Waals surface area contributed by atoms with E-state index in [0.29, 0.717) is 42.5 Å². The highest BCUT2D eigenvalue weighted by atomic mass is 16.5. The molecule has 31 heavy (non-hydrogen) atoms. The number of carbonyl (C=O) groups is 2. The number of amides is 1. The van der Waals surface area contributed by atoms with Gasteiger partial charge in [-0.25, -0.2) is 0 Å². The third-order valence-corrected chi connectivity index (χ3v) is 5.23. The van der Waals surface area contributed by atoms with Gasteiger partial charge >= 0.3 is 5.97 Å². The van der Waals surface area contributed by atoms with Crippen molar-refractivity contribution in [3.8, 4) is 17.2 Å². The lowest BCUT2D eigenvalue weighted by atomic mass is 9.98. The molecule has 0 aliphatic carbocycles. The minimum absolute atomic E-state index is 0.136. The van der Waals surface area contributed by atoms with Gasteiger partial charge in [0.25, 0.3) is 5.91 Å². The normalized spacial score (nSPS) is 12.8. The van der Waals surface area contributed by atoms with Gasteiger partial charge in [-0.1, -0.05) is 17.7 Å². The molecule has 0 atom stereocenters. The van der Waals surface area contributed by atoms with E-state index in [9.17, 15) is 9.59 Å². The molecule has 160 valence electrons. The van der Waals surface area contributed by atoms with Crippen molar-refractivity contribution in [2.45, 2.75) is 34.2 Å². The average Bonchev–Trinajstić information content (AvgIpc) is 3.08. The Kier molecular flexibility index (Phi) is 5.55. The lowest BCUT2D eigenvalue weighted by Gasteiger charge is -2.17. The highest BCUT2D eigenvalue weighted by molar-refractivity contribution is 6.17. The highest BCUT2D eigenvalue weighted by Gasteiger charge is 2.36. The van der Waals surface area contributed by atoms with E-state index in [2.05, 4.69) is 0 Å². The number of fused-ring (bicyclic) bond motifs is 2. The monoisotopic (exact) mass is 419 g/mol. The molecule has 0 spiro atoms. The predicted molar refractivity (Wildman–Crippen MR) is 119 cm³/mol. The molecule has 0 N–H and O–H groups in total. The van der Waals surface area contributed by atoms with Crippen molar-refractivity contribution < 1.29 is 23.8 Å². The number of rotatable bonds is 6. The Balaban J connectivity index is 1.85. The Labute approximate surface area is 181 Å². The number of aryl methyl sites for hydroxylation is 1. The van der Waals surface area contributed by atoms with E-state index < -0.39 is 0 Å². The van der Waals surface area contributed by atoms with Crippen molar-refractivity contribution in [2.75, 3.05) is 18.1 Å². The molecule has 3 aromatic carbocycles. The first-order valence-electron chi connectivity index (χ1n) is 10.4. The van der Waals surface area contributed by atoms with Crippen LogP contribution < -0.4 is 19.1 Å². The molecule has 0 fully saturated rings. The van der Waals surface area contributed by atoms with Gasteiger partial charge in [-0.05, 0) is 51.1 Å². The van der Waals surface area contributed by atoms with Gasteiger partial charge in [-0.15, -0.1) is 0 Å². The quantitative estimate of drug-likeness (QED) is 0.414. The van der Waals surface area contributed by atoms with E-state index in [1.807, 2.05) is 39.0 Å². The molecule has 0 saturated carbocycles. The summed E-state index contributed by atoms with van der Waals surface area (Å²) in [6.45, 7) is 8.54. The second-order valence-electron chi connectivity index (χ2n) is 7.41. The Morgan fingerprint density at radius 1 is 0.968 bits per heavy atom. The maximum atomic E-state index is 13.5. The van der Waals surface area contributed by atoms with Gasteiger partial charge < -0.3 is 19.1 Å². The Morgan fingerprint density at radius 3 is 2.29 bits per heavy atom. The molecule has 6 nitrogen and oxygen atoms in total. The largest absolute Gasteiger partial charge is 0.493 e. The van der Waals surface area contributed by atoms with Crippen LogP contribution in [0.25, 0.3) is 10.8 Å². The summed E-state index contributed by atoms with van der Waals surface area (Å²) in [5, 5.41) is 1.82. The van der Waals surface area contributed by atoms with Crippen molar-refractivity contribution in [3.05, 3.63) is 59.2 Å². The standard InChI is InChI=1S/C25H25NO5/c1-5-29-23-19-12-7-15(3)13-20(19)24(30-6-2)22-21(23)14-26(25(22)28)17-8-10-18(11-9-17)31-16(4)27/h7-13H,5-6,14H2,1-4H3. The van der Waals surface area contributed by atoms with Crippen LogP contribution in [-0.4, -0.2) is 25.1 Å². The van der Waals surface area contributed by atoms with Crippen LogP contribution in [0.2, 0.25) is 0 Å². The summed E-state index contributed by atoms with van der Waals surface area (Å²) in [7, 11) is 0. The summed E-state index contributed by atoms with van der Waals surface area (Å²) in [6, 6.07) is 13.0. The smallest absolute Gasteiger partial charge is 0.308 e. The number of nitrogens with zero attached hydrogens (tertiary/aromatic N) is 1. The molecular weight excluding hydrogens is 394 g/mol. The Morgan fingerprint density at radius 2 is 1.65 bits per heavy atom. The second kappa shape index (κ2) is 8.30. The molecule has 0 saturated heterocycles. The van der Waals surface area contributed by atoms with E-state index in [1.54, 1.807) is 29.2 Å². The Hall–Kier alpha value is -3.54. The molecular formula is C25H25NO5. The zero-order valence-electron chi connectivity index (χ0n) is 18.2. The third kappa shape index (κ3) is 3.69. The molecule has 1 amide bonds. The van der Waals surface area contributed by atoms with Crippen LogP contribution in [0, 0.1) is 6.92 Å². The maximum absolute atomic E-state index is 13.5. The van der Waals surface area contributed by atoms with E-state index in [4.69, 9.17) is 14.2 Å². The van der Waals surface area contributed by atoms with E-state index >= 15 is 0 Å². The number of carbonyl (C=O) groups excluding carboxylic acids is 2. The predicted octanol–water partition coefficient (Wildman–Crippen LogP) is 5.03. The van der Waals surface area contributed by atoms with Crippen LogP contribution in [-0.2, 0) is 11.3 Å². The third-order valence-electron chi connectivity index (χ3n) is 5.23. The number of ether oxygens (including phenoxy) is 3. The number of esters is 1. The number of benzene rings is 3. The van der Waals surface area contributed by atoms with E-state index in [0.717, 1.165) is 27.6 Å². The van der Waals surface area contributed by atoms with Crippen LogP contribution >= 0.6 is 0 Å². The first kappa shape index (κ1) is 20.7. The van der Waals surface area contributed by atoms with Crippen molar-refractivity contribution in [3.63, 3.8) is 0 Å². The molecule has 0 unspecified atom stereocenters. The summed E-state index contributed by atoms with van der Waals surface area (Å²) >= 11 is 0. The van der Waals surface area contributed by atoms with E-state index in [1.165, 1.54) is 6.92 Å². The van der Waals surface area contributed by atoms with Crippen molar-refractivity contribution in [1.82, 2.24) is 0 Å². The highest BCUT2D eigenvalue weighted by Crippen LogP contribution is 2.46. The molecule has 4 rings (SSSR count). The van der Waals surface area contributed by atoms with Crippen molar-refractivity contribution in [2.24, 2.45) is 0 Å². The first-order chi connectivity index (χ1) is 14.9. The molecule has 1 aliphatic rings. The number of hydrogen-bond acceptors (Lipinski definition) is 5. The molecule has 1 aliphatic heterocycles.